The van der Waals surface area contributed by atoms with Gasteiger partial charge in [-0.15, -0.1) is 0 Å². The topological polar surface area (TPSA) is 39.1 Å². The smallest absolute Gasteiger partial charge is 0.0876 e. The summed E-state index contributed by atoms with van der Waals surface area (Å²) in [5.41, 5.74) is 2.11. The summed E-state index contributed by atoms with van der Waals surface area (Å²) in [4.78, 5) is 1.82. The van der Waals surface area contributed by atoms with Crippen molar-refractivity contribution < 1.29 is 4.39 Å². The molecule has 0 aliphatic heterocycles. The number of hydrogen-bond donors (Lipinski definition) is 2. The molecule has 0 bridgehead atoms. The summed E-state index contributed by atoms with van der Waals surface area (Å²) >= 11 is 0. The fourth-order valence-corrected chi connectivity index (χ4v) is 0.999. The number of nitrogens with zero attached hydrogens (tertiary/aromatic N) is 1. The summed E-state index contributed by atoms with van der Waals surface area (Å²) in [6.45, 7) is 6.19. The first kappa shape index (κ1) is 14.4. The normalized spacial score (nSPS) is 12.2. The maximum atomic E-state index is 12.3. The van der Waals surface area contributed by atoms with E-state index in [9.17, 15) is 4.39 Å². The Kier molecular flexibility index (Phi) is 6.92. The van der Waals surface area contributed by atoms with Crippen LogP contribution in [0.4, 0.5) is 4.39 Å². The Morgan fingerprint density at radius 3 is 2.50 bits per heavy atom. The second-order valence-electron chi connectivity index (χ2n) is 3.59. The molecule has 2 N–H and O–H groups in total. The van der Waals surface area contributed by atoms with Crippen LogP contribution < -0.4 is 5.32 Å². The Balaban J connectivity index is 4.39. The monoisotopic (exact) mass is 225 g/mol. The highest BCUT2D eigenvalue weighted by atomic mass is 19.1. The average Bonchev–Trinajstić information content (AvgIpc) is 2.28. The third-order valence-electron chi connectivity index (χ3n) is 2.22. The van der Waals surface area contributed by atoms with Crippen LogP contribution in [0.3, 0.4) is 0 Å². The molecule has 3 nitrogen and oxygen atoms in total. The van der Waals surface area contributed by atoms with Crippen molar-refractivity contribution in [1.82, 2.24) is 10.2 Å². The van der Waals surface area contributed by atoms with Crippen LogP contribution in [0.15, 0.2) is 36.0 Å². The van der Waals surface area contributed by atoms with Gasteiger partial charge in [-0.1, -0.05) is 13.5 Å². The minimum Gasteiger partial charge on any atom is -0.386 e. The quantitative estimate of drug-likeness (QED) is 0.516. The van der Waals surface area contributed by atoms with Crippen molar-refractivity contribution in [2.45, 2.75) is 13.3 Å². The van der Waals surface area contributed by atoms with E-state index in [1.165, 1.54) is 6.21 Å². The molecular weight excluding hydrogens is 205 g/mol. The van der Waals surface area contributed by atoms with Crippen molar-refractivity contribution in [1.29, 1.82) is 5.41 Å². The van der Waals surface area contributed by atoms with E-state index < -0.39 is 0 Å². The molecule has 0 fully saturated rings. The molecule has 0 saturated heterocycles. The summed E-state index contributed by atoms with van der Waals surface area (Å²) in [6, 6.07) is 0. The van der Waals surface area contributed by atoms with Gasteiger partial charge in [0.05, 0.1) is 6.33 Å². The van der Waals surface area contributed by atoms with Crippen LogP contribution in [0.25, 0.3) is 0 Å². The minimum atomic E-state index is 0.449. The molecule has 0 saturated carbocycles. The molecular formula is C12H20FN3. The maximum absolute atomic E-state index is 12.3. The summed E-state index contributed by atoms with van der Waals surface area (Å²) in [7, 11) is 3.72. The van der Waals surface area contributed by atoms with Crippen LogP contribution >= 0.6 is 0 Å². The van der Waals surface area contributed by atoms with Crippen molar-refractivity contribution >= 4 is 6.21 Å². The molecule has 0 atom stereocenters. The maximum Gasteiger partial charge on any atom is 0.0876 e. The molecule has 0 aliphatic rings. The number of halogens is 1. The number of rotatable bonds is 7. The molecule has 0 radical (unpaired) electrons. The predicted molar refractivity (Wildman–Crippen MR) is 67.2 cm³/mol. The molecule has 0 unspecified atom stereocenters. The molecule has 0 aromatic carbocycles. The Morgan fingerprint density at radius 2 is 2.12 bits per heavy atom. The predicted octanol–water partition coefficient (Wildman–Crippen LogP) is 2.45. The van der Waals surface area contributed by atoms with Gasteiger partial charge in [0.2, 0.25) is 0 Å². The lowest BCUT2D eigenvalue weighted by molar-refractivity contribution is 0.528. The van der Waals surface area contributed by atoms with E-state index in [-0.39, 0.29) is 0 Å². The van der Waals surface area contributed by atoms with Crippen LogP contribution in [0.1, 0.15) is 13.3 Å². The number of nitrogens with one attached hydrogen (secondary N) is 2. The molecule has 16 heavy (non-hydrogen) atoms. The highest BCUT2D eigenvalue weighted by Crippen LogP contribution is 2.06. The van der Waals surface area contributed by atoms with Gasteiger partial charge in [0.1, 0.15) is 0 Å². The lowest BCUT2D eigenvalue weighted by atomic mass is 10.2. The molecule has 0 heterocycles. The third-order valence-corrected chi connectivity index (χ3v) is 2.22. The Morgan fingerprint density at radius 1 is 1.50 bits per heavy atom. The van der Waals surface area contributed by atoms with Gasteiger partial charge in [-0.3, -0.25) is 0 Å². The summed E-state index contributed by atoms with van der Waals surface area (Å²) in [5.74, 6) is 0. The average molecular weight is 225 g/mol. The molecule has 0 amide bonds. The zero-order valence-electron chi connectivity index (χ0n) is 10.2. The van der Waals surface area contributed by atoms with E-state index in [0.717, 1.165) is 5.70 Å². The largest absolute Gasteiger partial charge is 0.386 e. The standard InChI is InChI=1S/C12H20FN3/c1-5-11(6-13)8-15-9-12(7-14)10(2)16(3)4/h6-7,9,14-15H,2,5,8H2,1,3-4H3/b11-6+,12-9+,14-7?. The summed E-state index contributed by atoms with van der Waals surface area (Å²) < 4.78 is 12.3. The van der Waals surface area contributed by atoms with Crippen LogP contribution in [0.5, 0.6) is 0 Å². The number of likely N-dealkylation sites (N-methyl/N-ethyl adjacent to an activating group) is 1. The van der Waals surface area contributed by atoms with E-state index in [4.69, 9.17) is 5.41 Å². The van der Waals surface area contributed by atoms with E-state index in [1.807, 2.05) is 25.9 Å². The van der Waals surface area contributed by atoms with Crippen LogP contribution in [-0.2, 0) is 0 Å². The van der Waals surface area contributed by atoms with Crippen LogP contribution in [0.2, 0.25) is 0 Å². The van der Waals surface area contributed by atoms with Gasteiger partial charge in [-0.2, -0.15) is 0 Å². The second-order valence-corrected chi connectivity index (χ2v) is 3.59. The highest BCUT2D eigenvalue weighted by molar-refractivity contribution is 5.81. The number of allylic oxidation sites excluding steroid dienone is 1. The van der Waals surface area contributed by atoms with Crippen molar-refractivity contribution in [2.75, 3.05) is 20.6 Å². The van der Waals surface area contributed by atoms with E-state index in [2.05, 4.69) is 11.9 Å². The lowest BCUT2D eigenvalue weighted by Gasteiger charge is -2.16. The van der Waals surface area contributed by atoms with E-state index in [0.29, 0.717) is 30.4 Å². The number of hydrogen-bond acceptors (Lipinski definition) is 3. The zero-order valence-corrected chi connectivity index (χ0v) is 10.2. The van der Waals surface area contributed by atoms with Crippen molar-refractivity contribution in [3.05, 3.63) is 36.0 Å². The van der Waals surface area contributed by atoms with Gasteiger partial charge >= 0.3 is 0 Å². The zero-order chi connectivity index (χ0) is 12.6. The molecule has 0 aromatic heterocycles. The fourth-order valence-electron chi connectivity index (χ4n) is 0.999. The molecule has 0 rings (SSSR count). The Bertz CT molecular complexity index is 303. The first-order chi connectivity index (χ1) is 7.56. The first-order valence-corrected chi connectivity index (χ1v) is 5.15. The van der Waals surface area contributed by atoms with Gasteiger partial charge in [-0.25, -0.2) is 4.39 Å². The van der Waals surface area contributed by atoms with Gasteiger partial charge in [0, 0.05) is 44.3 Å². The molecule has 0 spiro atoms. The van der Waals surface area contributed by atoms with Gasteiger partial charge < -0.3 is 15.6 Å². The fraction of sp³-hybridized carbons (Fsp3) is 0.417. The van der Waals surface area contributed by atoms with Crippen molar-refractivity contribution in [3.8, 4) is 0 Å². The highest BCUT2D eigenvalue weighted by Gasteiger charge is 2.01. The van der Waals surface area contributed by atoms with Crippen molar-refractivity contribution in [3.63, 3.8) is 0 Å². The molecule has 90 valence electrons. The molecule has 4 heteroatoms. The minimum absolute atomic E-state index is 0.449. The van der Waals surface area contributed by atoms with Gasteiger partial charge in [-0.05, 0) is 12.0 Å². The lowest BCUT2D eigenvalue weighted by Crippen LogP contribution is -2.16. The Hall–Kier alpha value is -1.58. The summed E-state index contributed by atoms with van der Waals surface area (Å²) in [5, 5.41) is 10.2. The first-order valence-electron chi connectivity index (χ1n) is 5.15. The van der Waals surface area contributed by atoms with Crippen LogP contribution in [0, 0.1) is 5.41 Å². The SMILES string of the molecule is C=C(/C(C=N)=C/NC/C(=C/F)CC)N(C)C. The summed E-state index contributed by atoms with van der Waals surface area (Å²) in [6.07, 6.45) is 4.19. The second kappa shape index (κ2) is 7.68. The molecule has 0 aromatic rings. The molecule has 0 aliphatic carbocycles. The van der Waals surface area contributed by atoms with Gasteiger partial charge in [0.15, 0.2) is 0 Å². The third kappa shape index (κ3) is 4.77. The van der Waals surface area contributed by atoms with Gasteiger partial charge in [0.25, 0.3) is 0 Å². The van der Waals surface area contributed by atoms with Crippen LogP contribution in [-0.4, -0.2) is 31.8 Å². The Labute approximate surface area is 96.8 Å². The van der Waals surface area contributed by atoms with E-state index >= 15 is 0 Å². The van der Waals surface area contributed by atoms with E-state index in [1.54, 1.807) is 6.20 Å². The van der Waals surface area contributed by atoms with Crippen molar-refractivity contribution in [2.24, 2.45) is 0 Å².